The van der Waals surface area contributed by atoms with E-state index in [-0.39, 0.29) is 5.82 Å². The molecule has 2 aromatic carbocycles. The molecule has 1 aliphatic rings. The van der Waals surface area contributed by atoms with Gasteiger partial charge in [-0.1, -0.05) is 25.1 Å². The van der Waals surface area contributed by atoms with Gasteiger partial charge in [0.25, 0.3) is 0 Å². The molecule has 0 spiro atoms. The van der Waals surface area contributed by atoms with E-state index in [9.17, 15) is 4.39 Å². The van der Waals surface area contributed by atoms with Crippen LogP contribution in [0.3, 0.4) is 0 Å². The monoisotopic (exact) mass is 284 g/mol. The molecule has 3 rings (SSSR count). The maximum atomic E-state index is 13.5. The average molecular weight is 284 g/mol. The SMILES string of the molecule is CCNC(C)c1ccc(N2CCc3ccc(F)cc32)cc1. The molecular weight excluding hydrogens is 263 g/mol. The van der Waals surface area contributed by atoms with Gasteiger partial charge in [0.1, 0.15) is 5.82 Å². The molecule has 0 fully saturated rings. The van der Waals surface area contributed by atoms with E-state index in [1.165, 1.54) is 11.1 Å². The number of rotatable bonds is 4. The van der Waals surface area contributed by atoms with Gasteiger partial charge in [0.2, 0.25) is 0 Å². The summed E-state index contributed by atoms with van der Waals surface area (Å²) in [5.74, 6) is -0.168. The van der Waals surface area contributed by atoms with E-state index in [2.05, 4.69) is 48.3 Å². The summed E-state index contributed by atoms with van der Waals surface area (Å²) in [6, 6.07) is 14.0. The van der Waals surface area contributed by atoms with E-state index in [0.717, 1.165) is 30.9 Å². The largest absolute Gasteiger partial charge is 0.341 e. The zero-order chi connectivity index (χ0) is 14.8. The molecular formula is C18H21FN2. The van der Waals surface area contributed by atoms with Crippen molar-refractivity contribution in [2.24, 2.45) is 0 Å². The van der Waals surface area contributed by atoms with Crippen molar-refractivity contribution in [2.45, 2.75) is 26.3 Å². The fourth-order valence-electron chi connectivity index (χ4n) is 2.99. The molecule has 2 aromatic rings. The predicted octanol–water partition coefficient (Wildman–Crippen LogP) is 4.19. The predicted molar refractivity (Wildman–Crippen MR) is 85.6 cm³/mol. The number of halogens is 1. The first-order chi connectivity index (χ1) is 10.2. The summed E-state index contributed by atoms with van der Waals surface area (Å²) in [6.45, 7) is 6.15. The number of nitrogens with one attached hydrogen (secondary N) is 1. The van der Waals surface area contributed by atoms with Crippen LogP contribution in [0.1, 0.15) is 31.0 Å². The van der Waals surface area contributed by atoms with Gasteiger partial charge >= 0.3 is 0 Å². The minimum atomic E-state index is -0.168. The highest BCUT2D eigenvalue weighted by Crippen LogP contribution is 2.35. The lowest BCUT2D eigenvalue weighted by atomic mass is 10.1. The van der Waals surface area contributed by atoms with E-state index < -0.39 is 0 Å². The Bertz CT molecular complexity index is 622. The Hall–Kier alpha value is -1.87. The second kappa shape index (κ2) is 5.86. The van der Waals surface area contributed by atoms with Crippen molar-refractivity contribution in [3.8, 4) is 0 Å². The van der Waals surface area contributed by atoms with Crippen LogP contribution in [-0.2, 0) is 6.42 Å². The van der Waals surface area contributed by atoms with Crippen molar-refractivity contribution in [3.05, 3.63) is 59.4 Å². The number of hydrogen-bond donors (Lipinski definition) is 1. The first-order valence-corrected chi connectivity index (χ1v) is 7.58. The number of hydrogen-bond acceptors (Lipinski definition) is 2. The first kappa shape index (κ1) is 14.1. The summed E-state index contributed by atoms with van der Waals surface area (Å²) in [6.07, 6.45) is 0.977. The van der Waals surface area contributed by atoms with Crippen LogP contribution in [-0.4, -0.2) is 13.1 Å². The van der Waals surface area contributed by atoms with Crippen LogP contribution in [0.25, 0.3) is 0 Å². The minimum absolute atomic E-state index is 0.168. The van der Waals surface area contributed by atoms with E-state index >= 15 is 0 Å². The fourth-order valence-corrected chi connectivity index (χ4v) is 2.99. The second-order valence-electron chi connectivity index (χ2n) is 5.55. The van der Waals surface area contributed by atoms with Gasteiger partial charge in [-0.05, 0) is 55.3 Å². The zero-order valence-electron chi connectivity index (χ0n) is 12.6. The molecule has 1 N–H and O–H groups in total. The van der Waals surface area contributed by atoms with Gasteiger partial charge in [0, 0.05) is 24.0 Å². The first-order valence-electron chi connectivity index (χ1n) is 7.58. The summed E-state index contributed by atoms with van der Waals surface area (Å²) in [5, 5.41) is 3.41. The molecule has 1 unspecified atom stereocenters. The Balaban J connectivity index is 1.85. The molecule has 21 heavy (non-hydrogen) atoms. The third-order valence-corrected chi connectivity index (χ3v) is 4.16. The summed E-state index contributed by atoms with van der Waals surface area (Å²) in [5.41, 5.74) is 4.63. The molecule has 0 saturated heterocycles. The van der Waals surface area contributed by atoms with Gasteiger partial charge in [-0.15, -0.1) is 0 Å². The van der Waals surface area contributed by atoms with Crippen molar-refractivity contribution < 1.29 is 4.39 Å². The summed E-state index contributed by atoms with van der Waals surface area (Å²) in [7, 11) is 0. The highest BCUT2D eigenvalue weighted by molar-refractivity contribution is 5.70. The zero-order valence-corrected chi connectivity index (χ0v) is 12.6. The van der Waals surface area contributed by atoms with E-state index in [1.54, 1.807) is 12.1 Å². The van der Waals surface area contributed by atoms with Crippen LogP contribution in [0.4, 0.5) is 15.8 Å². The van der Waals surface area contributed by atoms with E-state index in [0.29, 0.717) is 6.04 Å². The third kappa shape index (κ3) is 2.79. The Kier molecular flexibility index (Phi) is 3.93. The lowest BCUT2D eigenvalue weighted by Crippen LogP contribution is -2.18. The molecule has 110 valence electrons. The van der Waals surface area contributed by atoms with Gasteiger partial charge in [-0.25, -0.2) is 4.39 Å². The molecule has 0 amide bonds. The number of nitrogens with zero attached hydrogens (tertiary/aromatic N) is 1. The van der Waals surface area contributed by atoms with Gasteiger partial charge in [-0.2, -0.15) is 0 Å². The highest BCUT2D eigenvalue weighted by atomic mass is 19.1. The lowest BCUT2D eigenvalue weighted by Gasteiger charge is -2.21. The lowest BCUT2D eigenvalue weighted by molar-refractivity contribution is 0.598. The normalized spacial score (nSPS) is 15.1. The van der Waals surface area contributed by atoms with Crippen molar-refractivity contribution >= 4 is 11.4 Å². The number of anilines is 2. The Morgan fingerprint density at radius 3 is 2.67 bits per heavy atom. The summed E-state index contributed by atoms with van der Waals surface area (Å²) in [4.78, 5) is 2.19. The minimum Gasteiger partial charge on any atom is -0.341 e. The second-order valence-corrected chi connectivity index (χ2v) is 5.55. The average Bonchev–Trinajstić information content (AvgIpc) is 2.90. The molecule has 0 radical (unpaired) electrons. The Morgan fingerprint density at radius 2 is 1.95 bits per heavy atom. The van der Waals surface area contributed by atoms with Crippen LogP contribution in [0.2, 0.25) is 0 Å². The van der Waals surface area contributed by atoms with Crippen LogP contribution < -0.4 is 10.2 Å². The Morgan fingerprint density at radius 1 is 1.19 bits per heavy atom. The molecule has 1 atom stereocenters. The molecule has 0 saturated carbocycles. The van der Waals surface area contributed by atoms with Crippen molar-refractivity contribution in [2.75, 3.05) is 18.0 Å². The summed E-state index contributed by atoms with van der Waals surface area (Å²) >= 11 is 0. The molecule has 3 heteroatoms. The number of fused-ring (bicyclic) bond motifs is 1. The van der Waals surface area contributed by atoms with E-state index in [4.69, 9.17) is 0 Å². The smallest absolute Gasteiger partial charge is 0.125 e. The quantitative estimate of drug-likeness (QED) is 0.905. The van der Waals surface area contributed by atoms with Crippen LogP contribution in [0.5, 0.6) is 0 Å². The highest BCUT2D eigenvalue weighted by Gasteiger charge is 2.20. The van der Waals surface area contributed by atoms with Crippen molar-refractivity contribution in [1.82, 2.24) is 5.32 Å². The maximum absolute atomic E-state index is 13.5. The molecule has 1 heterocycles. The molecule has 0 bridgehead atoms. The van der Waals surface area contributed by atoms with Gasteiger partial charge in [0.05, 0.1) is 0 Å². The van der Waals surface area contributed by atoms with E-state index in [1.807, 2.05) is 6.07 Å². The van der Waals surface area contributed by atoms with Crippen LogP contribution in [0.15, 0.2) is 42.5 Å². The molecule has 1 aliphatic heterocycles. The van der Waals surface area contributed by atoms with Gasteiger partial charge in [-0.3, -0.25) is 0 Å². The fraction of sp³-hybridized carbons (Fsp3) is 0.333. The van der Waals surface area contributed by atoms with Gasteiger partial charge in [0.15, 0.2) is 0 Å². The molecule has 2 nitrogen and oxygen atoms in total. The standard InChI is InChI=1S/C18H21FN2/c1-3-20-13(2)14-5-8-17(9-6-14)21-11-10-15-4-7-16(19)12-18(15)21/h4-9,12-13,20H,3,10-11H2,1-2H3. The third-order valence-electron chi connectivity index (χ3n) is 4.16. The maximum Gasteiger partial charge on any atom is 0.125 e. The van der Waals surface area contributed by atoms with Crippen molar-refractivity contribution in [1.29, 1.82) is 0 Å². The van der Waals surface area contributed by atoms with Crippen LogP contribution >= 0.6 is 0 Å². The topological polar surface area (TPSA) is 15.3 Å². The molecule has 0 aliphatic carbocycles. The summed E-state index contributed by atoms with van der Waals surface area (Å²) < 4.78 is 13.5. The van der Waals surface area contributed by atoms with Crippen molar-refractivity contribution in [3.63, 3.8) is 0 Å². The van der Waals surface area contributed by atoms with Gasteiger partial charge < -0.3 is 10.2 Å². The van der Waals surface area contributed by atoms with Crippen LogP contribution in [0, 0.1) is 5.82 Å². The Labute approximate surface area is 125 Å². The molecule has 0 aromatic heterocycles. The number of benzene rings is 2.